The first-order chi connectivity index (χ1) is 7.38. The molecule has 5 nitrogen and oxygen atoms in total. The van der Waals surface area contributed by atoms with Gasteiger partial charge in [-0.25, -0.2) is 0 Å². The van der Waals surface area contributed by atoms with Crippen molar-refractivity contribution in [2.75, 3.05) is 12.3 Å². The minimum atomic E-state index is -4.02. The Morgan fingerprint density at radius 2 is 1.88 bits per heavy atom. The molecule has 0 bridgehead atoms. The van der Waals surface area contributed by atoms with E-state index in [0.717, 1.165) is 3.57 Å². The molecule has 0 aromatic heterocycles. The molecule has 0 heterocycles. The monoisotopic (exact) mass is 355 g/mol. The van der Waals surface area contributed by atoms with Gasteiger partial charge in [0.15, 0.2) is 0 Å². The number of hydrogen-bond donors (Lipinski definition) is 2. The van der Waals surface area contributed by atoms with Crippen molar-refractivity contribution in [2.24, 2.45) is 0 Å². The van der Waals surface area contributed by atoms with Crippen LogP contribution in [0.3, 0.4) is 0 Å². The molecule has 1 rings (SSSR count). The topological polar surface area (TPSA) is 83.5 Å². The molecule has 0 aliphatic rings. The van der Waals surface area contributed by atoms with Gasteiger partial charge < -0.3 is 5.32 Å². The maximum Gasteiger partial charge on any atom is 0.266 e. The third-order valence-electron chi connectivity index (χ3n) is 1.75. The van der Waals surface area contributed by atoms with Crippen LogP contribution in [0.25, 0.3) is 0 Å². The van der Waals surface area contributed by atoms with Crippen molar-refractivity contribution in [3.8, 4) is 0 Å². The molecular weight excluding hydrogens is 345 g/mol. The molecule has 88 valence electrons. The largest absolute Gasteiger partial charge is 0.351 e. The lowest BCUT2D eigenvalue weighted by Gasteiger charge is -2.03. The predicted octanol–water partition coefficient (Wildman–Crippen LogP) is 0.909. The molecule has 1 aromatic carbocycles. The molecule has 0 saturated heterocycles. The van der Waals surface area contributed by atoms with Crippen molar-refractivity contribution in [2.45, 2.75) is 0 Å². The van der Waals surface area contributed by atoms with Crippen LogP contribution in [-0.2, 0) is 10.1 Å². The molecule has 0 spiro atoms. The van der Waals surface area contributed by atoms with Gasteiger partial charge in [-0.05, 0) is 46.9 Å². The molecule has 2 N–H and O–H groups in total. The second kappa shape index (κ2) is 5.60. The van der Waals surface area contributed by atoms with E-state index in [2.05, 4.69) is 27.9 Å². The van der Waals surface area contributed by atoms with Crippen LogP contribution in [0.1, 0.15) is 10.4 Å². The van der Waals surface area contributed by atoms with Crippen LogP contribution in [0.5, 0.6) is 0 Å². The Morgan fingerprint density at radius 3 is 2.38 bits per heavy atom. The summed E-state index contributed by atoms with van der Waals surface area (Å²) in [4.78, 5) is 11.5. The third kappa shape index (κ3) is 4.90. The molecule has 0 saturated carbocycles. The standard InChI is InChI=1S/C9H10INO4S/c10-8-3-1-7(2-4-8)9(12)11-5-6-16(13,14)15/h1-4H,5-6H2,(H,11,12)(H,13,14,15). The van der Waals surface area contributed by atoms with Crippen LogP contribution in [0.2, 0.25) is 0 Å². The van der Waals surface area contributed by atoms with Crippen LogP contribution in [0.15, 0.2) is 24.3 Å². The number of amides is 1. The number of carbonyl (C=O) groups is 1. The maximum absolute atomic E-state index is 11.5. The second-order valence-corrected chi connectivity index (χ2v) is 5.87. The lowest BCUT2D eigenvalue weighted by atomic mass is 10.2. The first-order valence-electron chi connectivity index (χ1n) is 4.37. The molecule has 1 amide bonds. The van der Waals surface area contributed by atoms with Gasteiger partial charge in [0.1, 0.15) is 0 Å². The zero-order valence-corrected chi connectivity index (χ0v) is 11.2. The Hall–Kier alpha value is -0.670. The summed E-state index contributed by atoms with van der Waals surface area (Å²) in [6, 6.07) is 6.84. The van der Waals surface area contributed by atoms with Crippen molar-refractivity contribution >= 4 is 38.6 Å². The summed E-state index contributed by atoms with van der Waals surface area (Å²) in [5.74, 6) is -0.844. The fraction of sp³-hybridized carbons (Fsp3) is 0.222. The van der Waals surface area contributed by atoms with E-state index in [9.17, 15) is 13.2 Å². The highest BCUT2D eigenvalue weighted by molar-refractivity contribution is 14.1. The van der Waals surface area contributed by atoms with Crippen LogP contribution in [-0.4, -0.2) is 31.2 Å². The maximum atomic E-state index is 11.5. The molecule has 7 heteroatoms. The number of nitrogens with one attached hydrogen (secondary N) is 1. The van der Waals surface area contributed by atoms with E-state index in [1.807, 2.05) is 0 Å². The number of hydrogen-bond acceptors (Lipinski definition) is 3. The van der Waals surface area contributed by atoms with Crippen LogP contribution in [0.4, 0.5) is 0 Å². The number of carbonyl (C=O) groups excluding carboxylic acids is 1. The first kappa shape index (κ1) is 13.4. The minimum Gasteiger partial charge on any atom is -0.351 e. The normalized spacial score (nSPS) is 11.1. The SMILES string of the molecule is O=C(NCCS(=O)(=O)O)c1ccc(I)cc1. The molecular formula is C9H10INO4S. The predicted molar refractivity (Wildman–Crippen MR) is 67.9 cm³/mol. The van der Waals surface area contributed by atoms with Gasteiger partial charge in [0.2, 0.25) is 0 Å². The highest BCUT2D eigenvalue weighted by Crippen LogP contribution is 2.06. The first-order valence-corrected chi connectivity index (χ1v) is 7.06. The quantitative estimate of drug-likeness (QED) is 0.621. The van der Waals surface area contributed by atoms with E-state index in [4.69, 9.17) is 4.55 Å². The summed E-state index contributed by atoms with van der Waals surface area (Å²) in [6.07, 6.45) is 0. The molecule has 16 heavy (non-hydrogen) atoms. The Bertz CT molecular complexity index is 469. The lowest BCUT2D eigenvalue weighted by molar-refractivity contribution is 0.0956. The number of rotatable bonds is 4. The van der Waals surface area contributed by atoms with E-state index < -0.39 is 15.9 Å². The highest BCUT2D eigenvalue weighted by atomic mass is 127. The van der Waals surface area contributed by atoms with Gasteiger partial charge in [-0.3, -0.25) is 9.35 Å². The van der Waals surface area contributed by atoms with E-state index in [1.54, 1.807) is 24.3 Å². The summed E-state index contributed by atoms with van der Waals surface area (Å²) >= 11 is 2.12. The summed E-state index contributed by atoms with van der Waals surface area (Å²) in [5.41, 5.74) is 0.454. The van der Waals surface area contributed by atoms with Gasteiger partial charge in [-0.15, -0.1) is 0 Å². The third-order valence-corrected chi connectivity index (χ3v) is 3.19. The Balaban J connectivity index is 2.50. The second-order valence-electron chi connectivity index (χ2n) is 3.05. The Morgan fingerprint density at radius 1 is 1.31 bits per heavy atom. The van der Waals surface area contributed by atoms with Gasteiger partial charge in [0.05, 0.1) is 5.75 Å². The molecule has 0 aliphatic heterocycles. The fourth-order valence-electron chi connectivity index (χ4n) is 0.997. The average molecular weight is 355 g/mol. The van der Waals surface area contributed by atoms with Crippen LogP contribution in [0, 0.1) is 3.57 Å². The molecule has 0 unspecified atom stereocenters. The molecule has 0 fully saturated rings. The van der Waals surface area contributed by atoms with Crippen molar-refractivity contribution in [3.63, 3.8) is 0 Å². The fourth-order valence-corrected chi connectivity index (χ4v) is 1.72. The Labute approximate surface area is 107 Å². The molecule has 0 aliphatic carbocycles. The van der Waals surface area contributed by atoms with Crippen molar-refractivity contribution < 1.29 is 17.8 Å². The van der Waals surface area contributed by atoms with Gasteiger partial charge in [-0.2, -0.15) is 8.42 Å². The van der Waals surface area contributed by atoms with E-state index in [1.165, 1.54) is 0 Å². The average Bonchev–Trinajstić information content (AvgIpc) is 2.16. The van der Waals surface area contributed by atoms with Gasteiger partial charge in [0, 0.05) is 15.7 Å². The summed E-state index contributed by atoms with van der Waals surface area (Å²) in [6.45, 7) is -0.107. The smallest absolute Gasteiger partial charge is 0.266 e. The number of halogens is 1. The van der Waals surface area contributed by atoms with Crippen LogP contribution < -0.4 is 5.32 Å². The summed E-state index contributed by atoms with van der Waals surface area (Å²) < 4.78 is 30.3. The van der Waals surface area contributed by atoms with E-state index in [-0.39, 0.29) is 12.5 Å². The number of benzene rings is 1. The zero-order valence-electron chi connectivity index (χ0n) is 8.18. The molecule has 0 radical (unpaired) electrons. The van der Waals surface area contributed by atoms with Crippen molar-refractivity contribution in [3.05, 3.63) is 33.4 Å². The molecule has 0 atom stereocenters. The highest BCUT2D eigenvalue weighted by Gasteiger charge is 2.07. The molecule has 1 aromatic rings. The van der Waals surface area contributed by atoms with Crippen molar-refractivity contribution in [1.29, 1.82) is 0 Å². The summed E-state index contributed by atoms with van der Waals surface area (Å²) in [7, 11) is -4.02. The van der Waals surface area contributed by atoms with E-state index >= 15 is 0 Å². The minimum absolute atomic E-state index is 0.107. The summed E-state index contributed by atoms with van der Waals surface area (Å²) in [5, 5.41) is 2.39. The van der Waals surface area contributed by atoms with Gasteiger partial charge in [0.25, 0.3) is 16.0 Å². The zero-order chi connectivity index (χ0) is 12.2. The lowest BCUT2D eigenvalue weighted by Crippen LogP contribution is -2.28. The van der Waals surface area contributed by atoms with E-state index in [0.29, 0.717) is 5.56 Å². The van der Waals surface area contributed by atoms with Crippen molar-refractivity contribution in [1.82, 2.24) is 5.32 Å². The van der Waals surface area contributed by atoms with Gasteiger partial charge >= 0.3 is 0 Å². The van der Waals surface area contributed by atoms with Gasteiger partial charge in [-0.1, -0.05) is 0 Å². The van der Waals surface area contributed by atoms with Crippen LogP contribution >= 0.6 is 22.6 Å². The Kier molecular flexibility index (Phi) is 4.69.